The van der Waals surface area contributed by atoms with Crippen LogP contribution in [0.5, 0.6) is 0 Å². The van der Waals surface area contributed by atoms with Gasteiger partial charge in [-0.05, 0) is 60.4 Å². The molecule has 0 saturated heterocycles. The van der Waals surface area contributed by atoms with E-state index in [1.807, 2.05) is 0 Å². The Morgan fingerprint density at radius 2 is 2.05 bits per heavy atom. The number of hydrogen-bond acceptors (Lipinski definition) is 2. The molecule has 1 aromatic heterocycles. The minimum absolute atomic E-state index is 0.656. The van der Waals surface area contributed by atoms with Crippen molar-refractivity contribution in [2.45, 2.75) is 72.5 Å². The maximum Gasteiger partial charge on any atom is 0.0767 e. The Morgan fingerprint density at radius 3 is 2.65 bits per heavy atom. The van der Waals surface area contributed by atoms with Gasteiger partial charge in [-0.15, -0.1) is 0 Å². The van der Waals surface area contributed by atoms with E-state index in [0.29, 0.717) is 6.04 Å². The van der Waals surface area contributed by atoms with Crippen molar-refractivity contribution in [1.29, 1.82) is 0 Å². The van der Waals surface area contributed by atoms with Gasteiger partial charge in [-0.2, -0.15) is 5.10 Å². The van der Waals surface area contributed by atoms with Crippen LogP contribution in [0.2, 0.25) is 0 Å². The van der Waals surface area contributed by atoms with Gasteiger partial charge in [0.05, 0.1) is 15.9 Å². The summed E-state index contributed by atoms with van der Waals surface area (Å²) in [5, 5.41) is 8.44. The van der Waals surface area contributed by atoms with Gasteiger partial charge in [-0.3, -0.25) is 4.68 Å². The van der Waals surface area contributed by atoms with E-state index in [1.54, 1.807) is 0 Å². The van der Waals surface area contributed by atoms with Crippen LogP contribution in [-0.2, 0) is 19.5 Å². The summed E-state index contributed by atoms with van der Waals surface area (Å²) in [6.07, 6.45) is 5.00. The highest BCUT2D eigenvalue weighted by Crippen LogP contribution is 2.29. The summed E-state index contributed by atoms with van der Waals surface area (Å²) in [6.45, 7) is 10.9. The molecule has 0 amide bonds. The van der Waals surface area contributed by atoms with Gasteiger partial charge < -0.3 is 5.32 Å². The van der Waals surface area contributed by atoms with Gasteiger partial charge in [0.15, 0.2) is 0 Å². The topological polar surface area (TPSA) is 29.9 Å². The summed E-state index contributed by atoms with van der Waals surface area (Å²) in [5.41, 5.74) is 2.48. The van der Waals surface area contributed by atoms with Crippen molar-refractivity contribution in [3.05, 3.63) is 15.9 Å². The number of aromatic nitrogens is 2. The fourth-order valence-electron chi connectivity index (χ4n) is 3.38. The van der Waals surface area contributed by atoms with E-state index in [1.165, 1.54) is 35.1 Å². The van der Waals surface area contributed by atoms with Gasteiger partial charge in [0.25, 0.3) is 0 Å². The number of hydrogen-bond donors (Lipinski definition) is 1. The lowest BCUT2D eigenvalue weighted by Crippen LogP contribution is -2.39. The SMILES string of the molecule is CCc1nn(CC)c(CNC2CCC(C)CC2C)c1Br. The molecule has 3 atom stereocenters. The monoisotopic (exact) mass is 341 g/mol. The predicted molar refractivity (Wildman–Crippen MR) is 87.8 cm³/mol. The lowest BCUT2D eigenvalue weighted by Gasteiger charge is -2.33. The van der Waals surface area contributed by atoms with Crippen molar-refractivity contribution in [3.63, 3.8) is 0 Å². The Balaban J connectivity index is 2.02. The lowest BCUT2D eigenvalue weighted by atomic mass is 9.80. The van der Waals surface area contributed by atoms with Crippen LogP contribution in [0.3, 0.4) is 0 Å². The molecule has 0 spiro atoms. The van der Waals surface area contributed by atoms with E-state index < -0.39 is 0 Å². The highest BCUT2D eigenvalue weighted by Gasteiger charge is 2.25. The summed E-state index contributed by atoms with van der Waals surface area (Å²) in [5.74, 6) is 1.67. The van der Waals surface area contributed by atoms with Crippen LogP contribution in [-0.4, -0.2) is 15.8 Å². The van der Waals surface area contributed by atoms with Crippen molar-refractivity contribution in [1.82, 2.24) is 15.1 Å². The van der Waals surface area contributed by atoms with Crippen molar-refractivity contribution in [2.24, 2.45) is 11.8 Å². The molecule has 114 valence electrons. The number of nitrogens with zero attached hydrogens (tertiary/aromatic N) is 2. The minimum atomic E-state index is 0.656. The molecule has 1 aliphatic carbocycles. The van der Waals surface area contributed by atoms with Gasteiger partial charge in [0.2, 0.25) is 0 Å². The van der Waals surface area contributed by atoms with E-state index in [2.05, 4.69) is 58.7 Å². The van der Waals surface area contributed by atoms with Crippen LogP contribution in [0.1, 0.15) is 58.3 Å². The Kier molecular flexibility index (Phi) is 5.67. The molecule has 0 bridgehead atoms. The van der Waals surface area contributed by atoms with Crippen molar-refractivity contribution in [3.8, 4) is 0 Å². The normalized spacial score (nSPS) is 26.9. The first-order valence-electron chi connectivity index (χ1n) is 8.04. The van der Waals surface area contributed by atoms with Crippen molar-refractivity contribution >= 4 is 15.9 Å². The van der Waals surface area contributed by atoms with Crippen LogP contribution in [0.4, 0.5) is 0 Å². The molecule has 2 rings (SSSR count). The molecule has 1 saturated carbocycles. The number of aryl methyl sites for hydroxylation is 2. The van der Waals surface area contributed by atoms with Crippen LogP contribution in [0.15, 0.2) is 4.47 Å². The fraction of sp³-hybridized carbons (Fsp3) is 0.812. The van der Waals surface area contributed by atoms with Gasteiger partial charge >= 0.3 is 0 Å². The van der Waals surface area contributed by atoms with Crippen molar-refractivity contribution < 1.29 is 0 Å². The van der Waals surface area contributed by atoms with E-state index >= 15 is 0 Å². The van der Waals surface area contributed by atoms with E-state index in [0.717, 1.165) is 31.3 Å². The van der Waals surface area contributed by atoms with Crippen LogP contribution in [0, 0.1) is 11.8 Å². The first kappa shape index (κ1) is 16.0. The fourth-order valence-corrected chi connectivity index (χ4v) is 4.09. The number of nitrogens with one attached hydrogen (secondary N) is 1. The first-order chi connectivity index (χ1) is 9.56. The third-order valence-electron chi connectivity index (χ3n) is 4.66. The second-order valence-electron chi connectivity index (χ2n) is 6.26. The van der Waals surface area contributed by atoms with E-state index in [-0.39, 0.29) is 0 Å². The maximum atomic E-state index is 4.67. The highest BCUT2D eigenvalue weighted by atomic mass is 79.9. The second-order valence-corrected chi connectivity index (χ2v) is 7.05. The molecule has 1 aromatic rings. The standard InChI is InChI=1S/C16H28BrN3/c1-5-13-16(17)15(20(6-2)19-13)10-18-14-8-7-11(3)9-12(14)4/h11-12,14,18H,5-10H2,1-4H3. The third-order valence-corrected chi connectivity index (χ3v) is 5.57. The molecule has 1 heterocycles. The predicted octanol–water partition coefficient (Wildman–Crippen LogP) is 4.14. The molecule has 0 aromatic carbocycles. The Labute approximate surface area is 131 Å². The molecule has 4 heteroatoms. The summed E-state index contributed by atoms with van der Waals surface area (Å²) >= 11 is 3.73. The molecular weight excluding hydrogens is 314 g/mol. The molecule has 3 unspecified atom stereocenters. The van der Waals surface area contributed by atoms with Gasteiger partial charge in [0.1, 0.15) is 0 Å². The zero-order chi connectivity index (χ0) is 14.7. The summed E-state index contributed by atoms with van der Waals surface area (Å²) < 4.78 is 3.33. The quantitative estimate of drug-likeness (QED) is 0.871. The molecule has 1 fully saturated rings. The largest absolute Gasteiger partial charge is 0.308 e. The Morgan fingerprint density at radius 1 is 1.30 bits per heavy atom. The van der Waals surface area contributed by atoms with E-state index in [4.69, 9.17) is 0 Å². The molecule has 0 radical (unpaired) electrons. The minimum Gasteiger partial charge on any atom is -0.308 e. The highest BCUT2D eigenvalue weighted by molar-refractivity contribution is 9.10. The van der Waals surface area contributed by atoms with Crippen LogP contribution >= 0.6 is 15.9 Å². The van der Waals surface area contributed by atoms with Gasteiger partial charge in [-0.1, -0.05) is 20.8 Å². The first-order valence-corrected chi connectivity index (χ1v) is 8.83. The van der Waals surface area contributed by atoms with Gasteiger partial charge in [0, 0.05) is 19.1 Å². The molecule has 0 aliphatic heterocycles. The number of rotatable bonds is 5. The molecule has 20 heavy (non-hydrogen) atoms. The third kappa shape index (κ3) is 3.45. The average molecular weight is 342 g/mol. The van der Waals surface area contributed by atoms with Gasteiger partial charge in [-0.25, -0.2) is 0 Å². The summed E-state index contributed by atoms with van der Waals surface area (Å²) in [7, 11) is 0. The number of halogens is 1. The molecule has 1 aliphatic rings. The summed E-state index contributed by atoms with van der Waals surface area (Å²) in [4.78, 5) is 0. The Bertz CT molecular complexity index is 441. The Hall–Kier alpha value is -0.350. The summed E-state index contributed by atoms with van der Waals surface area (Å²) in [6, 6.07) is 0.656. The average Bonchev–Trinajstić information content (AvgIpc) is 2.74. The van der Waals surface area contributed by atoms with Crippen molar-refractivity contribution in [2.75, 3.05) is 0 Å². The molecular formula is C16H28BrN3. The molecule has 3 nitrogen and oxygen atoms in total. The lowest BCUT2D eigenvalue weighted by molar-refractivity contribution is 0.226. The zero-order valence-corrected chi connectivity index (χ0v) is 14.8. The molecule has 1 N–H and O–H groups in total. The maximum absolute atomic E-state index is 4.67. The van der Waals surface area contributed by atoms with Crippen LogP contribution in [0.25, 0.3) is 0 Å². The smallest absolute Gasteiger partial charge is 0.0767 e. The van der Waals surface area contributed by atoms with Crippen LogP contribution < -0.4 is 5.32 Å². The van der Waals surface area contributed by atoms with E-state index in [9.17, 15) is 0 Å². The zero-order valence-electron chi connectivity index (χ0n) is 13.2. The second kappa shape index (κ2) is 7.08.